The first kappa shape index (κ1) is 24.6. The second-order valence-electron chi connectivity index (χ2n) is 8.64. The minimum atomic E-state index is 0.615. The minimum Gasteiger partial charge on any atom is -0.476 e. The van der Waals surface area contributed by atoms with Crippen molar-refractivity contribution in [3.05, 3.63) is 12.7 Å². The second-order valence-corrected chi connectivity index (χ2v) is 8.64. The SMILES string of the molecule is CCCCCCCCCCCCCCCCCCCCOc1ncnc2nc[nH]c12. The van der Waals surface area contributed by atoms with Crippen LogP contribution in [0, 0.1) is 0 Å². The van der Waals surface area contributed by atoms with Gasteiger partial charge in [-0.2, -0.15) is 4.98 Å². The summed E-state index contributed by atoms with van der Waals surface area (Å²) in [6.45, 7) is 3.00. The van der Waals surface area contributed by atoms with Gasteiger partial charge in [-0.15, -0.1) is 0 Å². The molecule has 0 saturated heterocycles. The molecule has 0 saturated carbocycles. The van der Waals surface area contributed by atoms with E-state index in [9.17, 15) is 0 Å². The van der Waals surface area contributed by atoms with Crippen molar-refractivity contribution in [1.82, 2.24) is 19.9 Å². The summed E-state index contributed by atoms with van der Waals surface area (Å²) in [5.74, 6) is 0.615. The molecule has 5 heteroatoms. The zero-order valence-corrected chi connectivity index (χ0v) is 19.3. The summed E-state index contributed by atoms with van der Waals surface area (Å²) in [6.07, 6.45) is 28.2. The molecule has 0 aliphatic carbocycles. The zero-order valence-electron chi connectivity index (χ0n) is 19.3. The first-order valence-corrected chi connectivity index (χ1v) is 12.7. The third-order valence-corrected chi connectivity index (χ3v) is 5.92. The van der Waals surface area contributed by atoms with Crippen LogP contribution >= 0.6 is 0 Å². The van der Waals surface area contributed by atoms with Crippen LogP contribution in [0.2, 0.25) is 0 Å². The Balaban J connectivity index is 1.28. The van der Waals surface area contributed by atoms with Crippen LogP contribution in [0.5, 0.6) is 5.88 Å². The van der Waals surface area contributed by atoms with Crippen LogP contribution in [0.15, 0.2) is 12.7 Å². The Morgan fingerprint density at radius 2 is 1.13 bits per heavy atom. The Kier molecular flexibility index (Phi) is 14.0. The molecular weight excluding hydrogens is 372 g/mol. The largest absolute Gasteiger partial charge is 0.476 e. The lowest BCUT2D eigenvalue weighted by Gasteiger charge is -2.06. The Labute approximate surface area is 183 Å². The molecule has 0 unspecified atom stereocenters. The Hall–Kier alpha value is -1.65. The summed E-state index contributed by atoms with van der Waals surface area (Å²) in [6, 6.07) is 0. The number of unbranched alkanes of at least 4 members (excludes halogenated alkanes) is 17. The summed E-state index contributed by atoms with van der Waals surface area (Å²) < 4.78 is 5.78. The van der Waals surface area contributed by atoms with Crippen molar-refractivity contribution in [2.24, 2.45) is 0 Å². The molecule has 2 rings (SSSR count). The first-order valence-electron chi connectivity index (χ1n) is 12.7. The van der Waals surface area contributed by atoms with E-state index >= 15 is 0 Å². The van der Waals surface area contributed by atoms with Gasteiger partial charge in [-0.25, -0.2) is 9.97 Å². The molecule has 2 aromatic rings. The number of imidazole rings is 1. The zero-order chi connectivity index (χ0) is 21.1. The van der Waals surface area contributed by atoms with Crippen LogP contribution in [0.3, 0.4) is 0 Å². The number of rotatable bonds is 20. The number of aromatic nitrogens is 4. The third-order valence-electron chi connectivity index (χ3n) is 5.92. The molecule has 170 valence electrons. The van der Waals surface area contributed by atoms with Crippen molar-refractivity contribution >= 4 is 11.2 Å². The number of nitrogens with one attached hydrogen (secondary N) is 1. The minimum absolute atomic E-state index is 0.615. The van der Waals surface area contributed by atoms with Crippen LogP contribution in [0.1, 0.15) is 122 Å². The summed E-state index contributed by atoms with van der Waals surface area (Å²) in [7, 11) is 0. The van der Waals surface area contributed by atoms with E-state index in [-0.39, 0.29) is 0 Å². The van der Waals surface area contributed by atoms with Crippen LogP contribution in [0.25, 0.3) is 11.2 Å². The highest BCUT2D eigenvalue weighted by molar-refractivity contribution is 5.74. The highest BCUT2D eigenvalue weighted by Gasteiger charge is 2.06. The molecule has 0 spiro atoms. The highest BCUT2D eigenvalue weighted by atomic mass is 16.5. The van der Waals surface area contributed by atoms with E-state index < -0.39 is 0 Å². The number of hydrogen-bond acceptors (Lipinski definition) is 4. The summed E-state index contributed by atoms with van der Waals surface area (Å²) in [4.78, 5) is 15.5. The molecule has 0 amide bonds. The quantitative estimate of drug-likeness (QED) is 0.224. The van der Waals surface area contributed by atoms with E-state index in [2.05, 4.69) is 26.9 Å². The Morgan fingerprint density at radius 3 is 1.67 bits per heavy atom. The van der Waals surface area contributed by atoms with Crippen molar-refractivity contribution in [2.45, 2.75) is 122 Å². The lowest BCUT2D eigenvalue weighted by atomic mass is 10.0. The van der Waals surface area contributed by atoms with E-state index in [1.54, 1.807) is 6.33 Å². The number of ether oxygens (including phenoxy) is 1. The molecule has 2 heterocycles. The lowest BCUT2D eigenvalue weighted by Crippen LogP contribution is -2.00. The van der Waals surface area contributed by atoms with E-state index in [0.717, 1.165) is 11.9 Å². The standard InChI is InChI=1S/C25H44N4O/c1-2-3-4-5-6-7-8-9-10-11-12-13-14-15-16-17-18-19-20-30-25-23-24(27-21-26-23)28-22-29-25/h21-22H,2-20H2,1H3,(H,26,27,28,29). The maximum absolute atomic E-state index is 5.78. The van der Waals surface area contributed by atoms with Crippen LogP contribution < -0.4 is 4.74 Å². The summed E-state index contributed by atoms with van der Waals surface area (Å²) in [5.41, 5.74) is 1.46. The number of aromatic amines is 1. The van der Waals surface area contributed by atoms with E-state index in [1.165, 1.54) is 115 Å². The van der Waals surface area contributed by atoms with Crippen LogP contribution in [-0.2, 0) is 0 Å². The van der Waals surface area contributed by atoms with Crippen molar-refractivity contribution < 1.29 is 4.74 Å². The van der Waals surface area contributed by atoms with Gasteiger partial charge in [0.05, 0.1) is 12.9 Å². The van der Waals surface area contributed by atoms with E-state index in [1.807, 2.05) is 0 Å². The Bertz CT molecular complexity index is 643. The number of hydrogen-bond donors (Lipinski definition) is 1. The fourth-order valence-electron chi connectivity index (χ4n) is 4.02. The van der Waals surface area contributed by atoms with Crippen LogP contribution in [0.4, 0.5) is 0 Å². The lowest BCUT2D eigenvalue weighted by molar-refractivity contribution is 0.296. The average molecular weight is 417 g/mol. The van der Waals surface area contributed by atoms with Crippen molar-refractivity contribution in [1.29, 1.82) is 0 Å². The summed E-state index contributed by atoms with van der Waals surface area (Å²) >= 11 is 0. The van der Waals surface area contributed by atoms with Crippen molar-refractivity contribution in [3.63, 3.8) is 0 Å². The van der Waals surface area contributed by atoms with Gasteiger partial charge in [0.25, 0.3) is 0 Å². The molecule has 0 aliphatic rings. The number of fused-ring (bicyclic) bond motifs is 1. The van der Waals surface area contributed by atoms with Crippen LogP contribution in [-0.4, -0.2) is 26.5 Å². The van der Waals surface area contributed by atoms with Gasteiger partial charge in [0.15, 0.2) is 5.65 Å². The molecule has 0 fully saturated rings. The maximum Gasteiger partial charge on any atom is 0.243 e. The molecule has 2 aromatic heterocycles. The van der Waals surface area contributed by atoms with Gasteiger partial charge in [0, 0.05) is 0 Å². The third kappa shape index (κ3) is 10.9. The van der Waals surface area contributed by atoms with Gasteiger partial charge < -0.3 is 9.72 Å². The molecule has 0 aliphatic heterocycles. The fourth-order valence-corrected chi connectivity index (χ4v) is 4.02. The smallest absolute Gasteiger partial charge is 0.243 e. The molecular formula is C25H44N4O. The molecule has 0 atom stereocenters. The normalized spacial score (nSPS) is 11.4. The monoisotopic (exact) mass is 416 g/mol. The topological polar surface area (TPSA) is 63.7 Å². The predicted molar refractivity (Wildman–Crippen MR) is 126 cm³/mol. The first-order chi connectivity index (χ1) is 14.9. The van der Waals surface area contributed by atoms with E-state index in [4.69, 9.17) is 4.74 Å². The molecule has 30 heavy (non-hydrogen) atoms. The second kappa shape index (κ2) is 17.1. The molecule has 0 aromatic carbocycles. The molecule has 1 N–H and O–H groups in total. The van der Waals surface area contributed by atoms with Crippen molar-refractivity contribution in [2.75, 3.05) is 6.61 Å². The highest BCUT2D eigenvalue weighted by Crippen LogP contribution is 2.18. The molecule has 0 bridgehead atoms. The number of H-pyrrole nitrogens is 1. The van der Waals surface area contributed by atoms with Crippen molar-refractivity contribution in [3.8, 4) is 5.88 Å². The van der Waals surface area contributed by atoms with E-state index in [0.29, 0.717) is 18.1 Å². The Morgan fingerprint density at radius 1 is 0.633 bits per heavy atom. The maximum atomic E-state index is 5.78. The van der Waals surface area contributed by atoms with Gasteiger partial charge >= 0.3 is 0 Å². The van der Waals surface area contributed by atoms with Gasteiger partial charge in [-0.1, -0.05) is 116 Å². The average Bonchev–Trinajstić information content (AvgIpc) is 3.25. The van der Waals surface area contributed by atoms with Gasteiger partial charge in [-0.05, 0) is 6.42 Å². The molecule has 0 radical (unpaired) electrons. The van der Waals surface area contributed by atoms with Gasteiger partial charge in [0.1, 0.15) is 11.8 Å². The number of nitrogens with zero attached hydrogens (tertiary/aromatic N) is 3. The van der Waals surface area contributed by atoms with Gasteiger partial charge in [-0.3, -0.25) is 0 Å². The summed E-state index contributed by atoms with van der Waals surface area (Å²) in [5, 5.41) is 0. The molecule has 5 nitrogen and oxygen atoms in total. The predicted octanol–water partition coefficient (Wildman–Crippen LogP) is 7.77. The van der Waals surface area contributed by atoms with Gasteiger partial charge in [0.2, 0.25) is 5.88 Å². The fraction of sp³-hybridized carbons (Fsp3) is 0.800.